The van der Waals surface area contributed by atoms with E-state index in [2.05, 4.69) is 28.5 Å². The van der Waals surface area contributed by atoms with Crippen LogP contribution in [0.4, 0.5) is 8.78 Å². The summed E-state index contributed by atoms with van der Waals surface area (Å²) in [6.07, 6.45) is 4.93. The van der Waals surface area contributed by atoms with Crippen LogP contribution in [0.25, 0.3) is 11.8 Å². The Morgan fingerprint density at radius 2 is 1.61 bits per heavy atom. The molecule has 3 aromatic carbocycles. The number of hydrogen-bond donors (Lipinski definition) is 0. The van der Waals surface area contributed by atoms with Crippen molar-refractivity contribution < 1.29 is 13.5 Å². The lowest BCUT2D eigenvalue weighted by molar-refractivity contribution is 0.414. The molecule has 180 valence electrons. The molecule has 6 heteroatoms. The highest BCUT2D eigenvalue weighted by molar-refractivity contribution is 8.16. The normalized spacial score (nSPS) is 20.1. The van der Waals surface area contributed by atoms with Crippen molar-refractivity contribution in [2.24, 2.45) is 4.99 Å². The predicted octanol–water partition coefficient (Wildman–Crippen LogP) is 7.95. The zero-order valence-corrected chi connectivity index (χ0v) is 20.6. The second-order valence-corrected chi connectivity index (χ2v) is 9.85. The van der Waals surface area contributed by atoms with Gasteiger partial charge in [-0.25, -0.2) is 13.8 Å². The first-order chi connectivity index (χ1) is 17.6. The Morgan fingerprint density at radius 3 is 2.31 bits per heavy atom. The fourth-order valence-electron chi connectivity index (χ4n) is 5.09. The molecule has 1 atom stereocenters. The maximum absolute atomic E-state index is 13.9. The van der Waals surface area contributed by atoms with Gasteiger partial charge in [0.05, 0.1) is 24.5 Å². The number of amidine groups is 1. The van der Waals surface area contributed by atoms with E-state index in [4.69, 9.17) is 9.73 Å². The van der Waals surface area contributed by atoms with Crippen molar-refractivity contribution in [3.05, 3.63) is 123 Å². The SMILES string of the molecule is COc1ccc(C2=CSC3=NC4=C(CCCC4=Cc4ccc(F)cc4)C(c4ccc(F)cc4)N23)cc1. The number of nitrogens with zero attached hydrogens (tertiary/aromatic N) is 2. The zero-order chi connectivity index (χ0) is 24.6. The van der Waals surface area contributed by atoms with E-state index in [0.717, 1.165) is 63.8 Å². The van der Waals surface area contributed by atoms with Crippen LogP contribution in [0.15, 0.2) is 100 Å². The van der Waals surface area contributed by atoms with Gasteiger partial charge in [0.25, 0.3) is 0 Å². The molecule has 2 heterocycles. The molecule has 1 unspecified atom stereocenters. The van der Waals surface area contributed by atoms with E-state index < -0.39 is 0 Å². The summed E-state index contributed by atoms with van der Waals surface area (Å²) in [4.78, 5) is 7.43. The predicted molar refractivity (Wildman–Crippen MR) is 142 cm³/mol. The Hall–Kier alpha value is -3.64. The zero-order valence-electron chi connectivity index (χ0n) is 19.7. The van der Waals surface area contributed by atoms with Gasteiger partial charge in [-0.2, -0.15) is 0 Å². The van der Waals surface area contributed by atoms with E-state index in [0.29, 0.717) is 0 Å². The van der Waals surface area contributed by atoms with Crippen molar-refractivity contribution in [1.29, 1.82) is 0 Å². The van der Waals surface area contributed by atoms with Gasteiger partial charge >= 0.3 is 0 Å². The topological polar surface area (TPSA) is 24.8 Å². The van der Waals surface area contributed by atoms with Crippen molar-refractivity contribution in [3.63, 3.8) is 0 Å². The molecule has 0 fully saturated rings. The Bertz CT molecular complexity index is 1420. The number of aliphatic imine (C=N–C) groups is 1. The quantitative estimate of drug-likeness (QED) is 0.365. The van der Waals surface area contributed by atoms with Gasteiger partial charge in [0.1, 0.15) is 17.4 Å². The Labute approximate surface area is 213 Å². The van der Waals surface area contributed by atoms with Crippen LogP contribution < -0.4 is 4.74 Å². The molecule has 6 rings (SSSR count). The van der Waals surface area contributed by atoms with Gasteiger partial charge in [0.2, 0.25) is 0 Å². The second-order valence-electron chi connectivity index (χ2n) is 9.02. The van der Waals surface area contributed by atoms with Gasteiger partial charge in [-0.1, -0.05) is 36.0 Å². The largest absolute Gasteiger partial charge is 0.497 e. The summed E-state index contributed by atoms with van der Waals surface area (Å²) in [6, 6.07) is 21.3. The third kappa shape index (κ3) is 4.16. The third-order valence-electron chi connectivity index (χ3n) is 6.82. The average molecular weight is 499 g/mol. The molecular formula is C30H24F2N2OS. The van der Waals surface area contributed by atoms with Crippen LogP contribution in [-0.4, -0.2) is 17.2 Å². The van der Waals surface area contributed by atoms with Crippen molar-refractivity contribution in [1.82, 2.24) is 4.90 Å². The van der Waals surface area contributed by atoms with E-state index >= 15 is 0 Å². The number of fused-ring (bicyclic) bond motifs is 1. The molecule has 0 saturated carbocycles. The molecule has 0 bridgehead atoms. The smallest absolute Gasteiger partial charge is 0.174 e. The summed E-state index contributed by atoms with van der Waals surface area (Å²) < 4.78 is 32.7. The van der Waals surface area contributed by atoms with Crippen LogP contribution in [-0.2, 0) is 0 Å². The number of hydrogen-bond acceptors (Lipinski definition) is 4. The first kappa shape index (κ1) is 22.8. The first-order valence-corrected chi connectivity index (χ1v) is 12.8. The van der Waals surface area contributed by atoms with E-state index in [1.54, 1.807) is 31.0 Å². The summed E-state index contributed by atoms with van der Waals surface area (Å²) in [6.45, 7) is 0. The number of halogens is 2. The van der Waals surface area contributed by atoms with Crippen molar-refractivity contribution in [3.8, 4) is 5.75 Å². The second kappa shape index (κ2) is 9.43. The van der Waals surface area contributed by atoms with Gasteiger partial charge in [-0.15, -0.1) is 0 Å². The fourth-order valence-corrected chi connectivity index (χ4v) is 6.02. The summed E-state index contributed by atoms with van der Waals surface area (Å²) in [5.41, 5.74) is 7.51. The molecule has 36 heavy (non-hydrogen) atoms. The molecule has 0 saturated heterocycles. The van der Waals surface area contributed by atoms with Crippen LogP contribution >= 0.6 is 11.8 Å². The van der Waals surface area contributed by atoms with Gasteiger partial charge in [0, 0.05) is 5.41 Å². The summed E-state index contributed by atoms with van der Waals surface area (Å²) in [5, 5.41) is 3.04. The van der Waals surface area contributed by atoms with Crippen LogP contribution in [0, 0.1) is 11.6 Å². The highest BCUT2D eigenvalue weighted by Gasteiger charge is 2.40. The Kier molecular flexibility index (Phi) is 5.97. The number of methoxy groups -OCH3 is 1. The molecule has 0 spiro atoms. The Morgan fingerprint density at radius 1 is 0.917 bits per heavy atom. The molecule has 2 aliphatic heterocycles. The van der Waals surface area contributed by atoms with Gasteiger partial charge in [-0.05, 0) is 102 Å². The monoisotopic (exact) mass is 498 g/mol. The average Bonchev–Trinajstić information content (AvgIpc) is 3.33. The minimum absolute atomic E-state index is 0.0895. The summed E-state index contributed by atoms with van der Waals surface area (Å²) in [7, 11) is 1.66. The minimum Gasteiger partial charge on any atom is -0.497 e. The summed E-state index contributed by atoms with van der Waals surface area (Å²) >= 11 is 1.60. The molecule has 0 radical (unpaired) electrons. The number of benzene rings is 3. The molecule has 0 aromatic heterocycles. The van der Waals surface area contributed by atoms with Crippen molar-refractivity contribution in [2.45, 2.75) is 25.3 Å². The summed E-state index contributed by atoms with van der Waals surface area (Å²) in [5.74, 6) is 0.311. The number of ether oxygens (including phenoxy) is 1. The minimum atomic E-state index is -0.250. The molecular weight excluding hydrogens is 474 g/mol. The van der Waals surface area contributed by atoms with Gasteiger partial charge in [0.15, 0.2) is 5.17 Å². The Balaban J connectivity index is 1.47. The van der Waals surface area contributed by atoms with E-state index in [1.807, 2.05) is 24.3 Å². The number of thioether (sulfide) groups is 1. The lowest BCUT2D eigenvalue weighted by Crippen LogP contribution is -2.34. The maximum atomic E-state index is 13.9. The van der Waals surface area contributed by atoms with E-state index in [1.165, 1.54) is 29.8 Å². The lowest BCUT2D eigenvalue weighted by atomic mass is 9.82. The highest BCUT2D eigenvalue weighted by atomic mass is 32.2. The van der Waals surface area contributed by atoms with E-state index in [-0.39, 0.29) is 17.7 Å². The third-order valence-corrected chi connectivity index (χ3v) is 7.66. The highest BCUT2D eigenvalue weighted by Crippen LogP contribution is 2.51. The number of rotatable bonds is 4. The molecule has 3 nitrogen and oxygen atoms in total. The van der Waals surface area contributed by atoms with Crippen LogP contribution in [0.5, 0.6) is 5.75 Å². The lowest BCUT2D eigenvalue weighted by Gasteiger charge is -2.40. The van der Waals surface area contributed by atoms with Crippen LogP contribution in [0.3, 0.4) is 0 Å². The van der Waals surface area contributed by atoms with Crippen molar-refractivity contribution in [2.75, 3.05) is 7.11 Å². The van der Waals surface area contributed by atoms with Gasteiger partial charge in [-0.3, -0.25) is 0 Å². The van der Waals surface area contributed by atoms with Crippen LogP contribution in [0.1, 0.15) is 42.0 Å². The van der Waals surface area contributed by atoms with E-state index in [9.17, 15) is 8.78 Å². The first-order valence-electron chi connectivity index (χ1n) is 11.9. The molecule has 0 N–H and O–H groups in total. The number of allylic oxidation sites excluding steroid dienone is 1. The maximum Gasteiger partial charge on any atom is 0.174 e. The van der Waals surface area contributed by atoms with Crippen LogP contribution in [0.2, 0.25) is 0 Å². The molecule has 3 aliphatic rings. The standard InChI is InChI=1S/C30H24F2N2OS/c1-35-25-15-9-20(10-16-25)27-18-36-30-33-28-22(17-19-5-11-23(31)12-6-19)3-2-4-26(28)29(34(27)30)21-7-13-24(32)14-8-21/h5-18,29H,2-4H2,1H3. The van der Waals surface area contributed by atoms with Crippen molar-refractivity contribution >= 4 is 28.7 Å². The fraction of sp³-hybridized carbons (Fsp3) is 0.167. The molecule has 1 aliphatic carbocycles. The van der Waals surface area contributed by atoms with Gasteiger partial charge < -0.3 is 9.64 Å². The molecule has 0 amide bonds. The molecule has 3 aromatic rings.